The minimum atomic E-state index is -0.427. The second-order valence-electron chi connectivity index (χ2n) is 6.67. The predicted molar refractivity (Wildman–Crippen MR) is 99.1 cm³/mol. The predicted octanol–water partition coefficient (Wildman–Crippen LogP) is 3.65. The van der Waals surface area contributed by atoms with Gasteiger partial charge in [-0.25, -0.2) is 4.99 Å². The molecule has 0 saturated carbocycles. The van der Waals surface area contributed by atoms with Gasteiger partial charge in [-0.15, -0.1) is 0 Å². The smallest absolute Gasteiger partial charge is 0.272 e. The maximum absolute atomic E-state index is 11.1. The second-order valence-corrected chi connectivity index (χ2v) is 7.66. The van der Waals surface area contributed by atoms with E-state index in [-0.39, 0.29) is 16.7 Å². The molecule has 0 aliphatic carbocycles. The van der Waals surface area contributed by atoms with Crippen molar-refractivity contribution in [1.82, 2.24) is 4.90 Å². The van der Waals surface area contributed by atoms with Gasteiger partial charge in [0.2, 0.25) is 0 Å². The van der Waals surface area contributed by atoms with Crippen molar-refractivity contribution in [3.8, 4) is 0 Å². The molecule has 2 atom stereocenters. The van der Waals surface area contributed by atoms with Gasteiger partial charge in [0.25, 0.3) is 5.69 Å². The zero-order valence-electron chi connectivity index (χ0n) is 14.8. The fraction of sp³-hybridized carbons (Fsp3) is 0.588. The number of nitro groups is 1. The first-order valence-electron chi connectivity index (χ1n) is 8.13. The van der Waals surface area contributed by atoms with Crippen molar-refractivity contribution in [2.45, 2.75) is 46.8 Å². The van der Waals surface area contributed by atoms with Crippen LogP contribution in [0, 0.1) is 29.9 Å². The summed E-state index contributed by atoms with van der Waals surface area (Å²) in [5.41, 5.74) is 2.34. The summed E-state index contributed by atoms with van der Waals surface area (Å²) in [6, 6.07) is 3.27. The topological polar surface area (TPSA) is 79.0 Å². The van der Waals surface area contributed by atoms with E-state index in [2.05, 4.69) is 18.7 Å². The van der Waals surface area contributed by atoms with Crippen molar-refractivity contribution in [3.63, 3.8) is 0 Å². The maximum Gasteiger partial charge on any atom is 0.272 e. The summed E-state index contributed by atoms with van der Waals surface area (Å²) in [6.45, 7) is 10.5. The van der Waals surface area contributed by atoms with E-state index in [0.717, 1.165) is 28.7 Å². The number of rotatable bonds is 5. The molecular formula is C17H25N3O3S. The Hall–Kier alpha value is -1.60. The summed E-state index contributed by atoms with van der Waals surface area (Å²) in [5.74, 6) is 1.25. The molecule has 24 heavy (non-hydrogen) atoms. The standard InChI is InChI=1S/C17H25N3O3S/c1-10(2)8-19-16(13(5)21)9-24-17(19)18-14-6-7-15(20(22)23)12(4)11(14)3/h6-7,10,13,16,21H,8-9H2,1-5H3/t13-,16+/m1/s1. The van der Waals surface area contributed by atoms with Crippen LogP contribution in [0.15, 0.2) is 17.1 Å². The summed E-state index contributed by atoms with van der Waals surface area (Å²) < 4.78 is 0. The fourth-order valence-corrected chi connectivity index (χ4v) is 4.11. The van der Waals surface area contributed by atoms with Crippen LogP contribution in [0.3, 0.4) is 0 Å². The SMILES string of the molecule is Cc1c(N=C2SC[C@@H]([C@@H](C)O)N2CC(C)C)ccc([N+](=O)[O-])c1C. The molecule has 1 heterocycles. The van der Waals surface area contributed by atoms with Gasteiger partial charge in [-0.1, -0.05) is 25.6 Å². The summed E-state index contributed by atoms with van der Waals surface area (Å²) in [4.78, 5) is 17.6. The molecular weight excluding hydrogens is 326 g/mol. The number of hydrogen-bond donors (Lipinski definition) is 1. The average molecular weight is 351 g/mol. The van der Waals surface area contributed by atoms with Gasteiger partial charge in [0, 0.05) is 23.9 Å². The van der Waals surface area contributed by atoms with Gasteiger partial charge in [-0.3, -0.25) is 10.1 Å². The summed E-state index contributed by atoms with van der Waals surface area (Å²) in [7, 11) is 0. The van der Waals surface area contributed by atoms with Crippen LogP contribution in [0.25, 0.3) is 0 Å². The molecule has 1 aromatic carbocycles. The monoisotopic (exact) mass is 351 g/mol. The van der Waals surface area contributed by atoms with Gasteiger partial charge < -0.3 is 10.0 Å². The summed E-state index contributed by atoms with van der Waals surface area (Å²) in [5, 5.41) is 22.0. The molecule has 0 radical (unpaired) electrons. The van der Waals surface area contributed by atoms with Crippen LogP contribution < -0.4 is 0 Å². The van der Waals surface area contributed by atoms with Gasteiger partial charge in [0.1, 0.15) is 0 Å². The lowest BCUT2D eigenvalue weighted by molar-refractivity contribution is -0.385. The third-order valence-corrected chi connectivity index (χ3v) is 5.38. The zero-order chi connectivity index (χ0) is 18.0. The van der Waals surface area contributed by atoms with Crippen LogP contribution in [0.4, 0.5) is 11.4 Å². The number of hydrogen-bond acceptors (Lipinski definition) is 5. The number of aliphatic hydroxyl groups is 1. The molecule has 1 aromatic rings. The molecule has 1 aliphatic rings. The van der Waals surface area contributed by atoms with Gasteiger partial charge in [0.05, 0.1) is 22.8 Å². The Labute approximate surface area is 147 Å². The molecule has 0 aromatic heterocycles. The molecule has 1 saturated heterocycles. The molecule has 0 amide bonds. The van der Waals surface area contributed by atoms with Crippen LogP contribution in [-0.4, -0.2) is 44.5 Å². The minimum Gasteiger partial charge on any atom is -0.391 e. The van der Waals surface area contributed by atoms with E-state index in [1.807, 2.05) is 13.8 Å². The van der Waals surface area contributed by atoms with E-state index >= 15 is 0 Å². The third kappa shape index (κ3) is 3.89. The Morgan fingerprint density at radius 3 is 2.58 bits per heavy atom. The first kappa shape index (κ1) is 18.7. The molecule has 0 unspecified atom stereocenters. The first-order valence-corrected chi connectivity index (χ1v) is 9.11. The van der Waals surface area contributed by atoms with Crippen molar-refractivity contribution >= 4 is 28.3 Å². The van der Waals surface area contributed by atoms with Gasteiger partial charge in [-0.05, 0) is 38.3 Å². The molecule has 1 N–H and O–H groups in total. The van der Waals surface area contributed by atoms with E-state index < -0.39 is 6.10 Å². The Kier molecular flexibility index (Phi) is 5.87. The van der Waals surface area contributed by atoms with E-state index in [1.165, 1.54) is 6.07 Å². The van der Waals surface area contributed by atoms with E-state index in [4.69, 9.17) is 4.99 Å². The lowest BCUT2D eigenvalue weighted by Gasteiger charge is -2.29. The number of nitro benzene ring substituents is 1. The molecule has 7 heteroatoms. The molecule has 6 nitrogen and oxygen atoms in total. The first-order chi connectivity index (χ1) is 11.2. The quantitative estimate of drug-likeness (QED) is 0.647. The van der Waals surface area contributed by atoms with Crippen LogP contribution in [0.2, 0.25) is 0 Å². The van der Waals surface area contributed by atoms with E-state index in [1.54, 1.807) is 24.8 Å². The molecule has 0 bridgehead atoms. The van der Waals surface area contributed by atoms with Crippen molar-refractivity contribution in [2.24, 2.45) is 10.9 Å². The van der Waals surface area contributed by atoms with Crippen LogP contribution >= 0.6 is 11.8 Å². The highest BCUT2D eigenvalue weighted by molar-refractivity contribution is 8.14. The second kappa shape index (κ2) is 7.53. The maximum atomic E-state index is 11.1. The highest BCUT2D eigenvalue weighted by Gasteiger charge is 2.33. The summed E-state index contributed by atoms with van der Waals surface area (Å²) >= 11 is 1.63. The van der Waals surface area contributed by atoms with Crippen molar-refractivity contribution < 1.29 is 10.0 Å². The number of aliphatic hydroxyl groups excluding tert-OH is 1. The van der Waals surface area contributed by atoms with Crippen LogP contribution in [0.5, 0.6) is 0 Å². The molecule has 0 spiro atoms. The number of amidine groups is 1. The zero-order valence-corrected chi connectivity index (χ0v) is 15.6. The number of nitrogens with zero attached hydrogens (tertiary/aromatic N) is 3. The van der Waals surface area contributed by atoms with E-state index in [0.29, 0.717) is 11.5 Å². The van der Waals surface area contributed by atoms with Crippen LogP contribution in [-0.2, 0) is 0 Å². The minimum absolute atomic E-state index is 0.0515. The van der Waals surface area contributed by atoms with Crippen molar-refractivity contribution in [1.29, 1.82) is 0 Å². The van der Waals surface area contributed by atoms with Crippen molar-refractivity contribution in [2.75, 3.05) is 12.3 Å². The van der Waals surface area contributed by atoms with Gasteiger partial charge >= 0.3 is 0 Å². The number of benzene rings is 1. The Balaban J connectivity index is 2.39. The van der Waals surface area contributed by atoms with Gasteiger partial charge in [0.15, 0.2) is 5.17 Å². The van der Waals surface area contributed by atoms with Gasteiger partial charge in [-0.2, -0.15) is 0 Å². The van der Waals surface area contributed by atoms with Crippen molar-refractivity contribution in [3.05, 3.63) is 33.4 Å². The lowest BCUT2D eigenvalue weighted by atomic mass is 10.1. The molecule has 132 valence electrons. The largest absolute Gasteiger partial charge is 0.391 e. The molecule has 1 fully saturated rings. The fourth-order valence-electron chi connectivity index (χ4n) is 2.79. The number of aliphatic imine (C=N–C) groups is 1. The Morgan fingerprint density at radius 1 is 1.38 bits per heavy atom. The highest BCUT2D eigenvalue weighted by atomic mass is 32.2. The lowest BCUT2D eigenvalue weighted by Crippen LogP contribution is -2.43. The molecule has 2 rings (SSSR count). The van der Waals surface area contributed by atoms with Crippen LogP contribution in [0.1, 0.15) is 31.9 Å². The highest BCUT2D eigenvalue weighted by Crippen LogP contribution is 2.33. The normalized spacial score (nSPS) is 20.9. The Morgan fingerprint density at radius 2 is 2.04 bits per heavy atom. The number of thioether (sulfide) groups is 1. The summed E-state index contributed by atoms with van der Waals surface area (Å²) in [6.07, 6.45) is -0.427. The third-order valence-electron chi connectivity index (χ3n) is 4.29. The average Bonchev–Trinajstić information content (AvgIpc) is 2.86. The van der Waals surface area contributed by atoms with E-state index in [9.17, 15) is 15.2 Å². The molecule has 1 aliphatic heterocycles. The Bertz CT molecular complexity index is 659.